The summed E-state index contributed by atoms with van der Waals surface area (Å²) in [6, 6.07) is 2.72. The molecule has 0 amide bonds. The molecular weight excluding hydrogens is 235 g/mol. The predicted octanol–water partition coefficient (Wildman–Crippen LogP) is 3.18. The number of benzene rings is 1. The quantitative estimate of drug-likeness (QED) is 0.828. The van der Waals surface area contributed by atoms with E-state index in [2.05, 4.69) is 0 Å². The van der Waals surface area contributed by atoms with Gasteiger partial charge in [0.15, 0.2) is 5.82 Å². The van der Waals surface area contributed by atoms with E-state index < -0.39 is 17.3 Å². The van der Waals surface area contributed by atoms with Crippen LogP contribution >= 0.6 is 11.6 Å². The normalized spacial score (nSPS) is 10.7. The number of carboxylic acid groups (broad SMARTS) is 1. The molecule has 0 unspecified atom stereocenters. The van der Waals surface area contributed by atoms with Gasteiger partial charge in [0.05, 0.1) is 17.9 Å². The smallest absolute Gasteiger partial charge is 0.339 e. The van der Waals surface area contributed by atoms with Gasteiger partial charge in [-0.1, -0.05) is 17.7 Å². The lowest BCUT2D eigenvalue weighted by atomic mass is 10.1. The Bertz CT molecular complexity index is 429. The molecule has 0 atom stereocenters. The summed E-state index contributed by atoms with van der Waals surface area (Å²) in [5.74, 6) is -2.30. The fraction of sp³-hybridized carbons (Fsp3) is 0.182. The van der Waals surface area contributed by atoms with Crippen LogP contribution in [0.5, 0.6) is 0 Å². The Balaban J connectivity index is 3.18. The van der Waals surface area contributed by atoms with E-state index in [-0.39, 0.29) is 10.6 Å². The third-order valence-electron chi connectivity index (χ3n) is 1.85. The first-order valence-electron chi connectivity index (χ1n) is 4.57. The van der Waals surface area contributed by atoms with Crippen LogP contribution in [0.15, 0.2) is 18.4 Å². The number of hydrogen-bond acceptors (Lipinski definition) is 2. The van der Waals surface area contributed by atoms with Gasteiger partial charge in [-0.15, -0.1) is 0 Å². The van der Waals surface area contributed by atoms with Crippen molar-refractivity contribution in [2.24, 2.45) is 0 Å². The third kappa shape index (κ3) is 2.73. The highest BCUT2D eigenvalue weighted by molar-refractivity contribution is 6.31. The minimum atomic E-state index is -1.36. The second-order valence-corrected chi connectivity index (χ2v) is 3.30. The van der Waals surface area contributed by atoms with Crippen LogP contribution in [0.4, 0.5) is 4.39 Å². The van der Waals surface area contributed by atoms with E-state index in [1.807, 2.05) is 0 Å². The molecule has 0 aromatic heterocycles. The van der Waals surface area contributed by atoms with Crippen molar-refractivity contribution in [3.8, 4) is 0 Å². The molecule has 0 bridgehead atoms. The van der Waals surface area contributed by atoms with Gasteiger partial charge in [-0.3, -0.25) is 0 Å². The van der Waals surface area contributed by atoms with Crippen molar-refractivity contribution in [3.63, 3.8) is 0 Å². The van der Waals surface area contributed by atoms with Gasteiger partial charge < -0.3 is 9.84 Å². The van der Waals surface area contributed by atoms with Gasteiger partial charge in [0.25, 0.3) is 0 Å². The van der Waals surface area contributed by atoms with E-state index >= 15 is 0 Å². The molecule has 0 fully saturated rings. The van der Waals surface area contributed by atoms with Gasteiger partial charge in [-0.05, 0) is 24.6 Å². The zero-order chi connectivity index (χ0) is 12.1. The van der Waals surface area contributed by atoms with E-state index in [0.29, 0.717) is 6.61 Å². The van der Waals surface area contributed by atoms with Gasteiger partial charge in [-0.2, -0.15) is 0 Å². The first-order chi connectivity index (χ1) is 7.57. The molecule has 0 radical (unpaired) electrons. The van der Waals surface area contributed by atoms with E-state index in [1.165, 1.54) is 24.5 Å². The zero-order valence-electron chi connectivity index (χ0n) is 8.54. The summed E-state index contributed by atoms with van der Waals surface area (Å²) < 4.78 is 18.3. The molecule has 3 nitrogen and oxygen atoms in total. The third-order valence-corrected chi connectivity index (χ3v) is 2.14. The maximum Gasteiger partial charge on any atom is 0.339 e. The Morgan fingerprint density at radius 2 is 2.31 bits per heavy atom. The van der Waals surface area contributed by atoms with Crippen molar-refractivity contribution in [1.82, 2.24) is 0 Å². The number of halogens is 2. The Labute approximate surface area is 97.1 Å². The van der Waals surface area contributed by atoms with Crippen LogP contribution in [-0.2, 0) is 4.74 Å². The standard InChI is InChI=1S/C11H10ClFO3/c1-2-16-6-5-7-3-4-8(12)10(13)9(7)11(14)15/h3-6H,2H2,1H3,(H,14,15)/b6-5+. The highest BCUT2D eigenvalue weighted by Crippen LogP contribution is 2.23. The maximum absolute atomic E-state index is 13.4. The Morgan fingerprint density at radius 3 is 2.88 bits per heavy atom. The van der Waals surface area contributed by atoms with Crippen molar-refractivity contribution in [1.29, 1.82) is 0 Å². The van der Waals surface area contributed by atoms with E-state index in [4.69, 9.17) is 21.4 Å². The van der Waals surface area contributed by atoms with Crippen molar-refractivity contribution in [2.75, 3.05) is 6.61 Å². The number of hydrogen-bond donors (Lipinski definition) is 1. The van der Waals surface area contributed by atoms with Gasteiger partial charge in [-0.25, -0.2) is 9.18 Å². The molecule has 0 spiro atoms. The number of ether oxygens (including phenoxy) is 1. The molecule has 5 heteroatoms. The minimum absolute atomic E-state index is 0.211. The molecule has 0 saturated heterocycles. The first-order valence-corrected chi connectivity index (χ1v) is 4.95. The Hall–Kier alpha value is -1.55. The number of carbonyl (C=O) groups is 1. The Morgan fingerprint density at radius 1 is 1.62 bits per heavy atom. The van der Waals surface area contributed by atoms with Crippen LogP contribution in [0.25, 0.3) is 6.08 Å². The van der Waals surface area contributed by atoms with Crippen LogP contribution in [0.1, 0.15) is 22.8 Å². The molecule has 1 aromatic carbocycles. The van der Waals surface area contributed by atoms with Crippen LogP contribution in [-0.4, -0.2) is 17.7 Å². The SMILES string of the molecule is CCO/C=C/c1ccc(Cl)c(F)c1C(=O)O. The Kier molecular flexibility index (Phi) is 4.31. The van der Waals surface area contributed by atoms with Gasteiger partial charge in [0, 0.05) is 0 Å². The molecule has 0 saturated carbocycles. The fourth-order valence-electron chi connectivity index (χ4n) is 1.14. The summed E-state index contributed by atoms with van der Waals surface area (Å²) in [6.45, 7) is 2.24. The van der Waals surface area contributed by atoms with Crippen LogP contribution < -0.4 is 0 Å². The monoisotopic (exact) mass is 244 g/mol. The van der Waals surface area contributed by atoms with E-state index in [9.17, 15) is 9.18 Å². The number of aromatic carboxylic acids is 1. The summed E-state index contributed by atoms with van der Waals surface area (Å²) in [4.78, 5) is 10.9. The summed E-state index contributed by atoms with van der Waals surface area (Å²) in [5.41, 5.74) is -0.244. The lowest BCUT2D eigenvalue weighted by Gasteiger charge is -2.04. The number of rotatable bonds is 4. The van der Waals surface area contributed by atoms with Gasteiger partial charge in [0.2, 0.25) is 0 Å². The minimum Gasteiger partial charge on any atom is -0.501 e. The average molecular weight is 245 g/mol. The summed E-state index contributed by atoms with van der Waals surface area (Å²) in [5, 5.41) is 8.64. The molecule has 1 rings (SSSR count). The lowest BCUT2D eigenvalue weighted by molar-refractivity contribution is 0.0691. The maximum atomic E-state index is 13.4. The second kappa shape index (κ2) is 5.51. The summed E-state index contributed by atoms with van der Waals surface area (Å²) >= 11 is 5.50. The van der Waals surface area contributed by atoms with E-state index in [0.717, 1.165) is 0 Å². The molecule has 0 aliphatic heterocycles. The zero-order valence-corrected chi connectivity index (χ0v) is 9.29. The molecule has 1 N–H and O–H groups in total. The fourth-order valence-corrected chi connectivity index (χ4v) is 1.30. The molecular formula is C11H10ClFO3. The molecule has 86 valence electrons. The van der Waals surface area contributed by atoms with Crippen molar-refractivity contribution >= 4 is 23.6 Å². The predicted molar refractivity (Wildman–Crippen MR) is 59.0 cm³/mol. The second-order valence-electron chi connectivity index (χ2n) is 2.89. The molecule has 0 heterocycles. The van der Waals surface area contributed by atoms with Crippen LogP contribution in [0.3, 0.4) is 0 Å². The summed E-state index contributed by atoms with van der Waals surface area (Å²) in [6.07, 6.45) is 2.70. The molecule has 0 aliphatic rings. The van der Waals surface area contributed by atoms with Crippen molar-refractivity contribution < 1.29 is 19.0 Å². The molecule has 0 aliphatic carbocycles. The summed E-state index contributed by atoms with van der Waals surface area (Å²) in [7, 11) is 0. The molecule has 1 aromatic rings. The topological polar surface area (TPSA) is 46.5 Å². The average Bonchev–Trinajstić information content (AvgIpc) is 2.23. The largest absolute Gasteiger partial charge is 0.501 e. The number of carboxylic acids is 1. The van der Waals surface area contributed by atoms with Crippen LogP contribution in [0, 0.1) is 5.82 Å². The highest BCUT2D eigenvalue weighted by atomic mass is 35.5. The van der Waals surface area contributed by atoms with Crippen LogP contribution in [0.2, 0.25) is 5.02 Å². The first kappa shape index (κ1) is 12.5. The lowest BCUT2D eigenvalue weighted by Crippen LogP contribution is -2.04. The van der Waals surface area contributed by atoms with Crippen molar-refractivity contribution in [3.05, 3.63) is 40.4 Å². The van der Waals surface area contributed by atoms with Gasteiger partial charge in [0.1, 0.15) is 5.56 Å². The van der Waals surface area contributed by atoms with E-state index in [1.54, 1.807) is 6.92 Å². The molecule has 16 heavy (non-hydrogen) atoms. The highest BCUT2D eigenvalue weighted by Gasteiger charge is 2.17. The van der Waals surface area contributed by atoms with Crippen molar-refractivity contribution in [2.45, 2.75) is 6.92 Å². The van der Waals surface area contributed by atoms with Gasteiger partial charge >= 0.3 is 5.97 Å².